The van der Waals surface area contributed by atoms with Crippen LogP contribution in [0.4, 0.5) is 0 Å². The van der Waals surface area contributed by atoms with Gasteiger partial charge >= 0.3 is 5.63 Å². The van der Waals surface area contributed by atoms with E-state index in [0.29, 0.717) is 36.2 Å². The van der Waals surface area contributed by atoms with E-state index in [-0.39, 0.29) is 11.9 Å². The number of rotatable bonds is 9. The van der Waals surface area contributed by atoms with Crippen molar-refractivity contribution in [3.8, 4) is 5.75 Å². The van der Waals surface area contributed by atoms with Gasteiger partial charge in [-0.3, -0.25) is 14.8 Å². The summed E-state index contributed by atoms with van der Waals surface area (Å²) in [6.45, 7) is 4.52. The largest absolute Gasteiger partial charge is 0.493 e. The van der Waals surface area contributed by atoms with Crippen molar-refractivity contribution in [2.24, 2.45) is 15.9 Å². The summed E-state index contributed by atoms with van der Waals surface area (Å²) in [7, 11) is 1.71. The number of aliphatic imine (C=N–C) groups is 2. The van der Waals surface area contributed by atoms with Gasteiger partial charge in [0.1, 0.15) is 22.6 Å². The van der Waals surface area contributed by atoms with Gasteiger partial charge in [0, 0.05) is 18.9 Å². The average molecular weight is 406 g/mol. The standard InChI is InChI=1S/C20H27N3O4S/c1-4-5-15(22-19(25)16-11-28-20(23-16)12(2)21-3)17-8-14(9-18(24)27-17)26-10-13-6-7-13/h8-9,13,15-16H,4-7,10-11H2,1-3H3,(H,22,25)/t15-,16+/m1/s1. The molecule has 28 heavy (non-hydrogen) atoms. The van der Waals surface area contributed by atoms with Crippen molar-refractivity contribution in [2.45, 2.75) is 51.6 Å². The van der Waals surface area contributed by atoms with Crippen LogP contribution in [0.5, 0.6) is 5.75 Å². The minimum Gasteiger partial charge on any atom is -0.493 e. The zero-order chi connectivity index (χ0) is 20.1. The van der Waals surface area contributed by atoms with Gasteiger partial charge < -0.3 is 14.5 Å². The summed E-state index contributed by atoms with van der Waals surface area (Å²) in [4.78, 5) is 33.3. The van der Waals surface area contributed by atoms with Crippen LogP contribution in [-0.2, 0) is 4.79 Å². The lowest BCUT2D eigenvalue weighted by molar-refractivity contribution is -0.122. The molecule has 2 atom stereocenters. The number of ether oxygens (including phenoxy) is 1. The highest BCUT2D eigenvalue weighted by Gasteiger charge is 2.29. The molecule has 1 N–H and O–H groups in total. The molecule has 0 aromatic carbocycles. The first-order valence-corrected chi connectivity index (χ1v) is 10.7. The van der Waals surface area contributed by atoms with Gasteiger partial charge in [-0.05, 0) is 32.1 Å². The minimum atomic E-state index is -0.467. The van der Waals surface area contributed by atoms with E-state index < -0.39 is 11.7 Å². The highest BCUT2D eigenvalue weighted by Crippen LogP contribution is 2.30. The summed E-state index contributed by atoms with van der Waals surface area (Å²) < 4.78 is 11.1. The SMILES string of the molecule is CCC[C@@H](NC(=O)[C@@H]1CSC(C(C)=NC)=N1)c1cc(OCC2CC2)cc(=O)o1. The predicted octanol–water partition coefficient (Wildman–Crippen LogP) is 2.99. The van der Waals surface area contributed by atoms with Crippen LogP contribution in [0.1, 0.15) is 51.3 Å². The molecule has 1 aromatic rings. The number of carbonyl (C=O) groups excluding carboxylic acids is 1. The number of carbonyl (C=O) groups is 1. The summed E-state index contributed by atoms with van der Waals surface area (Å²) >= 11 is 1.53. The molecular formula is C20H27N3O4S. The lowest BCUT2D eigenvalue weighted by Crippen LogP contribution is -2.37. The fourth-order valence-corrected chi connectivity index (χ4v) is 3.91. The van der Waals surface area contributed by atoms with Crippen LogP contribution in [-0.4, -0.2) is 42.1 Å². The molecule has 2 aliphatic rings. The third kappa shape index (κ3) is 5.47. The molecule has 1 saturated carbocycles. The Balaban J connectivity index is 1.71. The van der Waals surface area contributed by atoms with Crippen molar-refractivity contribution in [1.29, 1.82) is 0 Å². The molecule has 0 bridgehead atoms. The fourth-order valence-electron chi connectivity index (χ4n) is 2.87. The Kier molecular flexibility index (Phi) is 6.93. The van der Waals surface area contributed by atoms with E-state index in [1.54, 1.807) is 13.1 Å². The average Bonchev–Trinajstić information content (AvgIpc) is 3.38. The number of hydrogen-bond acceptors (Lipinski definition) is 7. The molecule has 1 amide bonds. The maximum atomic E-state index is 12.7. The van der Waals surface area contributed by atoms with Crippen molar-refractivity contribution >= 4 is 28.4 Å². The van der Waals surface area contributed by atoms with Crippen LogP contribution in [0.3, 0.4) is 0 Å². The van der Waals surface area contributed by atoms with Crippen LogP contribution < -0.4 is 15.7 Å². The van der Waals surface area contributed by atoms with E-state index in [1.807, 2.05) is 13.8 Å². The monoisotopic (exact) mass is 405 g/mol. The van der Waals surface area contributed by atoms with Gasteiger partial charge in [-0.15, -0.1) is 11.8 Å². The molecule has 1 aliphatic heterocycles. The lowest BCUT2D eigenvalue weighted by Gasteiger charge is -2.19. The number of thioether (sulfide) groups is 1. The van der Waals surface area contributed by atoms with Crippen LogP contribution in [0.25, 0.3) is 0 Å². The van der Waals surface area contributed by atoms with Crippen molar-refractivity contribution in [3.63, 3.8) is 0 Å². The first kappa shape index (κ1) is 20.6. The number of nitrogens with one attached hydrogen (secondary N) is 1. The molecule has 0 unspecified atom stereocenters. The molecule has 1 aliphatic carbocycles. The summed E-state index contributed by atoms with van der Waals surface area (Å²) in [5, 5.41) is 3.80. The van der Waals surface area contributed by atoms with E-state index in [0.717, 1.165) is 17.2 Å². The Bertz CT molecular complexity index is 829. The molecule has 1 fully saturated rings. The van der Waals surface area contributed by atoms with E-state index in [9.17, 15) is 9.59 Å². The highest BCUT2D eigenvalue weighted by atomic mass is 32.2. The second kappa shape index (κ2) is 9.41. The molecular weight excluding hydrogens is 378 g/mol. The van der Waals surface area contributed by atoms with Gasteiger partial charge in [-0.2, -0.15) is 0 Å². The Hall–Kier alpha value is -2.09. The molecule has 0 saturated heterocycles. The summed E-state index contributed by atoms with van der Waals surface area (Å²) in [6.07, 6.45) is 3.84. The maximum absolute atomic E-state index is 12.7. The molecule has 0 radical (unpaired) electrons. The smallest absolute Gasteiger partial charge is 0.339 e. The Morgan fingerprint density at radius 2 is 2.25 bits per heavy atom. The van der Waals surface area contributed by atoms with Crippen molar-refractivity contribution in [1.82, 2.24) is 5.32 Å². The quantitative estimate of drug-likeness (QED) is 0.638. The van der Waals surface area contributed by atoms with Gasteiger partial charge in [0.2, 0.25) is 5.91 Å². The molecule has 152 valence electrons. The summed E-state index contributed by atoms with van der Waals surface area (Å²) in [5.41, 5.74) is 0.363. The normalized spacial score (nSPS) is 20.6. The van der Waals surface area contributed by atoms with Crippen molar-refractivity contribution in [2.75, 3.05) is 19.4 Å². The molecule has 7 nitrogen and oxygen atoms in total. The molecule has 2 heterocycles. The van der Waals surface area contributed by atoms with E-state index in [4.69, 9.17) is 9.15 Å². The van der Waals surface area contributed by atoms with Gasteiger partial charge in [-0.1, -0.05) is 13.3 Å². The van der Waals surface area contributed by atoms with E-state index in [2.05, 4.69) is 15.3 Å². The van der Waals surface area contributed by atoms with Gasteiger partial charge in [0.15, 0.2) is 0 Å². The van der Waals surface area contributed by atoms with Gasteiger partial charge in [-0.25, -0.2) is 4.79 Å². The number of hydrogen-bond donors (Lipinski definition) is 1. The van der Waals surface area contributed by atoms with Crippen LogP contribution in [0.2, 0.25) is 0 Å². The molecule has 0 spiro atoms. The van der Waals surface area contributed by atoms with Crippen molar-refractivity contribution in [3.05, 3.63) is 28.3 Å². The first-order chi connectivity index (χ1) is 13.5. The Labute approximate surface area is 169 Å². The van der Waals surface area contributed by atoms with Gasteiger partial charge in [0.05, 0.1) is 24.4 Å². The van der Waals surface area contributed by atoms with E-state index in [1.165, 1.54) is 30.7 Å². The zero-order valence-corrected chi connectivity index (χ0v) is 17.4. The summed E-state index contributed by atoms with van der Waals surface area (Å²) in [5.74, 6) is 1.93. The number of amides is 1. The van der Waals surface area contributed by atoms with Crippen LogP contribution in [0.15, 0.2) is 31.3 Å². The molecule has 3 rings (SSSR count). The summed E-state index contributed by atoms with van der Waals surface area (Å²) in [6, 6.07) is 2.22. The first-order valence-electron chi connectivity index (χ1n) is 9.72. The third-order valence-corrected chi connectivity index (χ3v) is 5.94. The van der Waals surface area contributed by atoms with Crippen LogP contribution in [0, 0.1) is 5.92 Å². The van der Waals surface area contributed by atoms with Crippen molar-refractivity contribution < 1.29 is 13.9 Å². The Morgan fingerprint density at radius 3 is 2.93 bits per heavy atom. The predicted molar refractivity (Wildman–Crippen MR) is 112 cm³/mol. The molecule has 1 aromatic heterocycles. The number of nitrogens with zero attached hydrogens (tertiary/aromatic N) is 2. The zero-order valence-electron chi connectivity index (χ0n) is 16.6. The van der Waals surface area contributed by atoms with Gasteiger partial charge in [0.25, 0.3) is 0 Å². The van der Waals surface area contributed by atoms with E-state index >= 15 is 0 Å². The second-order valence-electron chi connectivity index (χ2n) is 7.19. The minimum absolute atomic E-state index is 0.170. The molecule has 8 heteroatoms. The second-order valence-corrected chi connectivity index (χ2v) is 8.20. The highest BCUT2D eigenvalue weighted by molar-refractivity contribution is 8.16. The maximum Gasteiger partial charge on any atom is 0.339 e. The fraction of sp³-hybridized carbons (Fsp3) is 0.600. The Morgan fingerprint density at radius 1 is 1.46 bits per heavy atom. The lowest BCUT2D eigenvalue weighted by atomic mass is 10.1. The topological polar surface area (TPSA) is 93.3 Å². The third-order valence-electron chi connectivity index (χ3n) is 4.78. The van der Waals surface area contributed by atoms with Crippen LogP contribution >= 0.6 is 11.8 Å².